The van der Waals surface area contributed by atoms with Gasteiger partial charge in [-0.3, -0.25) is 9.10 Å². The number of anilines is 2. The van der Waals surface area contributed by atoms with Crippen molar-refractivity contribution >= 4 is 27.4 Å². The number of hydrogen-bond acceptors (Lipinski definition) is 4. The van der Waals surface area contributed by atoms with Gasteiger partial charge in [-0.25, -0.2) is 13.4 Å². The van der Waals surface area contributed by atoms with E-state index in [9.17, 15) is 13.2 Å². The summed E-state index contributed by atoms with van der Waals surface area (Å²) in [5.74, 6) is 0.326. The highest BCUT2D eigenvalue weighted by Gasteiger charge is 2.28. The lowest BCUT2D eigenvalue weighted by atomic mass is 10.1. The van der Waals surface area contributed by atoms with Gasteiger partial charge >= 0.3 is 0 Å². The molecule has 3 aromatic rings. The molecule has 1 aliphatic heterocycles. The SMILES string of the molecule is O=C(Nc1ccc(-c2ccccc2)cn1)c1ccc(N2CCCS2(=O)=O)cc1. The highest BCUT2D eigenvalue weighted by molar-refractivity contribution is 7.93. The molecule has 0 atom stereocenters. The van der Waals surface area contributed by atoms with E-state index in [0.717, 1.165) is 11.1 Å². The van der Waals surface area contributed by atoms with Gasteiger partial charge in [-0.15, -0.1) is 0 Å². The minimum absolute atomic E-state index is 0.167. The van der Waals surface area contributed by atoms with E-state index in [2.05, 4.69) is 10.3 Å². The number of benzene rings is 2. The lowest BCUT2D eigenvalue weighted by Gasteiger charge is -2.17. The molecule has 0 bridgehead atoms. The van der Waals surface area contributed by atoms with Crippen LogP contribution < -0.4 is 9.62 Å². The third-order valence-corrected chi connectivity index (χ3v) is 6.50. The highest BCUT2D eigenvalue weighted by Crippen LogP contribution is 2.24. The Bertz CT molecular complexity index is 1080. The van der Waals surface area contributed by atoms with Crippen LogP contribution in [-0.4, -0.2) is 31.6 Å². The van der Waals surface area contributed by atoms with Gasteiger partial charge in [0.2, 0.25) is 10.0 Å². The van der Waals surface area contributed by atoms with Crippen molar-refractivity contribution in [2.24, 2.45) is 0 Å². The summed E-state index contributed by atoms with van der Waals surface area (Å²) in [7, 11) is -3.23. The Labute approximate surface area is 163 Å². The van der Waals surface area contributed by atoms with E-state index in [-0.39, 0.29) is 11.7 Å². The molecule has 1 N–H and O–H groups in total. The van der Waals surface area contributed by atoms with Crippen molar-refractivity contribution in [1.82, 2.24) is 4.98 Å². The molecule has 1 fully saturated rings. The average molecular weight is 393 g/mol. The third-order valence-electron chi connectivity index (χ3n) is 4.63. The van der Waals surface area contributed by atoms with Crippen LogP contribution in [0.15, 0.2) is 72.9 Å². The van der Waals surface area contributed by atoms with Crippen LogP contribution in [0.5, 0.6) is 0 Å². The maximum Gasteiger partial charge on any atom is 0.256 e. The predicted molar refractivity (Wildman–Crippen MR) is 110 cm³/mol. The van der Waals surface area contributed by atoms with Gasteiger partial charge in [0.05, 0.1) is 11.4 Å². The molecule has 2 heterocycles. The zero-order valence-corrected chi connectivity index (χ0v) is 15.9. The molecule has 0 radical (unpaired) electrons. The molecule has 142 valence electrons. The molecule has 1 amide bonds. The summed E-state index contributed by atoms with van der Waals surface area (Å²) in [5.41, 5.74) is 3.05. The molecule has 6 nitrogen and oxygen atoms in total. The van der Waals surface area contributed by atoms with Crippen molar-refractivity contribution in [3.63, 3.8) is 0 Å². The Kier molecular flexibility index (Phi) is 4.83. The smallest absolute Gasteiger partial charge is 0.256 e. The zero-order chi connectivity index (χ0) is 19.6. The van der Waals surface area contributed by atoms with Crippen molar-refractivity contribution < 1.29 is 13.2 Å². The summed E-state index contributed by atoms with van der Waals surface area (Å²) in [4.78, 5) is 16.7. The first-order valence-corrected chi connectivity index (χ1v) is 10.6. The Morgan fingerprint density at radius 1 is 0.929 bits per heavy atom. The first kappa shape index (κ1) is 18.2. The summed E-state index contributed by atoms with van der Waals surface area (Å²) >= 11 is 0. The number of rotatable bonds is 4. The van der Waals surface area contributed by atoms with E-state index in [0.29, 0.717) is 30.0 Å². The summed E-state index contributed by atoms with van der Waals surface area (Å²) in [6, 6.07) is 20.1. The van der Waals surface area contributed by atoms with Gasteiger partial charge in [-0.2, -0.15) is 0 Å². The van der Waals surface area contributed by atoms with Crippen molar-refractivity contribution in [2.75, 3.05) is 21.9 Å². The summed E-state index contributed by atoms with van der Waals surface area (Å²) < 4.78 is 25.4. The molecule has 0 unspecified atom stereocenters. The molecule has 1 saturated heterocycles. The standard InChI is InChI=1S/C21H19N3O3S/c25-21(17-7-10-19(11-8-17)24-13-4-14-28(24,26)27)23-20-12-9-18(15-22-20)16-5-2-1-3-6-16/h1-3,5-12,15H,4,13-14H2,(H,22,23,25). The maximum atomic E-state index is 12.4. The fourth-order valence-corrected chi connectivity index (χ4v) is 4.73. The van der Waals surface area contributed by atoms with E-state index >= 15 is 0 Å². The molecule has 1 aliphatic rings. The Morgan fingerprint density at radius 3 is 2.29 bits per heavy atom. The van der Waals surface area contributed by atoms with Crippen LogP contribution in [0.3, 0.4) is 0 Å². The number of amides is 1. The number of nitrogens with zero attached hydrogens (tertiary/aromatic N) is 2. The second kappa shape index (κ2) is 7.44. The van der Waals surface area contributed by atoms with Crippen LogP contribution in [0.2, 0.25) is 0 Å². The van der Waals surface area contributed by atoms with Gasteiger partial charge in [0.15, 0.2) is 0 Å². The Morgan fingerprint density at radius 2 is 1.68 bits per heavy atom. The minimum atomic E-state index is -3.23. The Balaban J connectivity index is 1.45. The van der Waals surface area contributed by atoms with Crippen LogP contribution in [0.25, 0.3) is 11.1 Å². The number of aromatic nitrogens is 1. The number of carbonyl (C=O) groups is 1. The van der Waals surface area contributed by atoms with Gasteiger partial charge in [0.1, 0.15) is 5.82 Å². The first-order valence-electron chi connectivity index (χ1n) is 8.96. The second-order valence-corrected chi connectivity index (χ2v) is 8.55. The molecule has 2 aromatic carbocycles. The quantitative estimate of drug-likeness (QED) is 0.735. The molecule has 4 rings (SSSR count). The predicted octanol–water partition coefficient (Wildman–Crippen LogP) is 3.54. The molecule has 0 spiro atoms. The molecule has 7 heteroatoms. The van der Waals surface area contributed by atoms with Gasteiger partial charge < -0.3 is 5.32 Å². The van der Waals surface area contributed by atoms with Crippen LogP contribution in [0.4, 0.5) is 11.5 Å². The monoisotopic (exact) mass is 393 g/mol. The van der Waals surface area contributed by atoms with E-state index in [1.54, 1.807) is 36.5 Å². The number of pyridine rings is 1. The van der Waals surface area contributed by atoms with E-state index < -0.39 is 10.0 Å². The van der Waals surface area contributed by atoms with E-state index in [4.69, 9.17) is 0 Å². The van der Waals surface area contributed by atoms with Crippen molar-refractivity contribution in [1.29, 1.82) is 0 Å². The largest absolute Gasteiger partial charge is 0.307 e. The maximum absolute atomic E-state index is 12.4. The van der Waals surface area contributed by atoms with Gasteiger partial charge in [0, 0.05) is 23.9 Å². The topological polar surface area (TPSA) is 79.4 Å². The fourth-order valence-electron chi connectivity index (χ4n) is 3.17. The van der Waals surface area contributed by atoms with E-state index in [1.165, 1.54) is 4.31 Å². The highest BCUT2D eigenvalue weighted by atomic mass is 32.2. The molecule has 0 aliphatic carbocycles. The summed E-state index contributed by atoms with van der Waals surface area (Å²) in [6.07, 6.45) is 2.33. The van der Waals surface area contributed by atoms with Crippen LogP contribution in [-0.2, 0) is 10.0 Å². The molecular formula is C21H19N3O3S. The molecule has 28 heavy (non-hydrogen) atoms. The Hall–Kier alpha value is -3.19. The van der Waals surface area contributed by atoms with Crippen molar-refractivity contribution in [3.05, 3.63) is 78.5 Å². The van der Waals surface area contributed by atoms with Crippen LogP contribution in [0.1, 0.15) is 16.8 Å². The van der Waals surface area contributed by atoms with Gasteiger partial charge in [-0.05, 0) is 48.4 Å². The zero-order valence-electron chi connectivity index (χ0n) is 15.1. The number of carbonyl (C=O) groups excluding carboxylic acids is 1. The molecule has 0 saturated carbocycles. The lowest BCUT2D eigenvalue weighted by molar-refractivity contribution is 0.102. The normalized spacial score (nSPS) is 15.4. The number of hydrogen-bond donors (Lipinski definition) is 1. The minimum Gasteiger partial charge on any atom is -0.307 e. The van der Waals surface area contributed by atoms with Crippen molar-refractivity contribution in [3.8, 4) is 11.1 Å². The lowest BCUT2D eigenvalue weighted by Crippen LogP contribution is -2.25. The van der Waals surface area contributed by atoms with Gasteiger partial charge in [-0.1, -0.05) is 30.3 Å². The summed E-state index contributed by atoms with van der Waals surface area (Å²) in [6.45, 7) is 0.478. The first-order chi connectivity index (χ1) is 13.5. The molecular weight excluding hydrogens is 374 g/mol. The van der Waals surface area contributed by atoms with Crippen LogP contribution >= 0.6 is 0 Å². The average Bonchev–Trinajstić information content (AvgIpc) is 3.08. The van der Waals surface area contributed by atoms with Crippen molar-refractivity contribution in [2.45, 2.75) is 6.42 Å². The van der Waals surface area contributed by atoms with E-state index in [1.807, 2.05) is 36.4 Å². The van der Waals surface area contributed by atoms with Gasteiger partial charge in [0.25, 0.3) is 5.91 Å². The number of sulfonamides is 1. The third kappa shape index (κ3) is 3.75. The second-order valence-electron chi connectivity index (χ2n) is 6.54. The number of nitrogens with one attached hydrogen (secondary N) is 1. The molecule has 1 aromatic heterocycles. The fraction of sp³-hybridized carbons (Fsp3) is 0.143. The summed E-state index contributed by atoms with van der Waals surface area (Å²) in [5, 5.41) is 2.76. The van der Waals surface area contributed by atoms with Crippen LogP contribution in [0, 0.1) is 0 Å².